The molecule has 2 unspecified atom stereocenters. The predicted molar refractivity (Wildman–Crippen MR) is 105 cm³/mol. The molecule has 26 heavy (non-hydrogen) atoms. The number of anilines is 2. The fourth-order valence-electron chi connectivity index (χ4n) is 5.06. The van der Waals surface area contributed by atoms with Gasteiger partial charge in [0, 0.05) is 24.2 Å². The molecule has 2 fully saturated rings. The van der Waals surface area contributed by atoms with Crippen molar-refractivity contribution in [1.29, 1.82) is 0 Å². The second-order valence-electron chi connectivity index (χ2n) is 7.99. The van der Waals surface area contributed by atoms with Crippen LogP contribution in [-0.4, -0.2) is 36.1 Å². The zero-order valence-electron chi connectivity index (χ0n) is 15.2. The highest BCUT2D eigenvalue weighted by atomic mass is 15.2. The Labute approximate surface area is 155 Å². The molecule has 1 aromatic carbocycles. The highest BCUT2D eigenvalue weighted by Gasteiger charge is 2.32. The van der Waals surface area contributed by atoms with Gasteiger partial charge in [-0.1, -0.05) is 24.3 Å². The topological polar surface area (TPSA) is 67.1 Å². The molecule has 2 saturated heterocycles. The lowest BCUT2D eigenvalue weighted by Crippen LogP contribution is -2.28. The van der Waals surface area contributed by atoms with Gasteiger partial charge in [-0.15, -0.1) is 0 Å². The largest absolute Gasteiger partial charge is 0.368 e. The first kappa shape index (κ1) is 16.1. The summed E-state index contributed by atoms with van der Waals surface area (Å²) in [6, 6.07) is 8.64. The van der Waals surface area contributed by atoms with E-state index in [1.807, 2.05) is 0 Å². The Balaban J connectivity index is 1.56. The van der Waals surface area contributed by atoms with Crippen molar-refractivity contribution < 1.29 is 0 Å². The normalized spacial score (nSPS) is 25.0. The lowest BCUT2D eigenvalue weighted by Gasteiger charge is -2.26. The Hall–Kier alpha value is -2.14. The van der Waals surface area contributed by atoms with Crippen molar-refractivity contribution in [3.05, 3.63) is 35.4 Å². The molecule has 2 aromatic rings. The third kappa shape index (κ3) is 2.75. The molecular formula is C21H27N5. The molecule has 1 aromatic heterocycles. The molecule has 0 radical (unpaired) electrons. The van der Waals surface area contributed by atoms with Crippen LogP contribution in [0.4, 0.5) is 11.8 Å². The third-order valence-electron chi connectivity index (χ3n) is 6.47. The summed E-state index contributed by atoms with van der Waals surface area (Å²) >= 11 is 0. The maximum atomic E-state index is 6.17. The molecule has 5 rings (SSSR count). The molecular weight excluding hydrogens is 322 g/mol. The Bertz CT molecular complexity index is 804. The van der Waals surface area contributed by atoms with Crippen LogP contribution in [0.5, 0.6) is 0 Å². The van der Waals surface area contributed by atoms with Crippen LogP contribution in [-0.2, 0) is 12.8 Å². The van der Waals surface area contributed by atoms with Crippen LogP contribution in [0.2, 0.25) is 0 Å². The number of rotatable bonds is 1. The summed E-state index contributed by atoms with van der Waals surface area (Å²) in [5.41, 5.74) is 11.2. The second kappa shape index (κ2) is 6.54. The number of nitrogens with zero attached hydrogens (tertiary/aromatic N) is 3. The summed E-state index contributed by atoms with van der Waals surface area (Å²) < 4.78 is 0. The monoisotopic (exact) mass is 349 g/mol. The number of aryl methyl sites for hydroxylation is 1. The molecule has 3 aliphatic rings. The summed E-state index contributed by atoms with van der Waals surface area (Å²) in [4.78, 5) is 11.9. The molecule has 0 saturated carbocycles. The highest BCUT2D eigenvalue weighted by Crippen LogP contribution is 2.37. The maximum absolute atomic E-state index is 6.17. The number of nitrogens with two attached hydrogens (primary N) is 1. The minimum atomic E-state index is 0.404. The van der Waals surface area contributed by atoms with E-state index in [1.165, 1.54) is 42.6 Å². The van der Waals surface area contributed by atoms with Gasteiger partial charge in [0.15, 0.2) is 0 Å². The van der Waals surface area contributed by atoms with Crippen LogP contribution >= 0.6 is 0 Å². The molecule has 3 N–H and O–H groups in total. The SMILES string of the molecule is Nc1nc2c(c(N3CCC4CNCC4CC3)n1)CCCc1ccccc1-2. The van der Waals surface area contributed by atoms with Gasteiger partial charge in [-0.2, -0.15) is 4.98 Å². The number of fused-ring (bicyclic) bond motifs is 4. The Morgan fingerprint density at radius 3 is 2.58 bits per heavy atom. The highest BCUT2D eigenvalue weighted by molar-refractivity contribution is 5.74. The van der Waals surface area contributed by atoms with E-state index < -0.39 is 0 Å². The Morgan fingerprint density at radius 1 is 1.00 bits per heavy atom. The van der Waals surface area contributed by atoms with Crippen molar-refractivity contribution in [2.24, 2.45) is 11.8 Å². The number of nitrogens with one attached hydrogen (secondary N) is 1. The van der Waals surface area contributed by atoms with E-state index in [1.54, 1.807) is 0 Å². The summed E-state index contributed by atoms with van der Waals surface area (Å²) in [5.74, 6) is 3.13. The fraction of sp³-hybridized carbons (Fsp3) is 0.524. The number of aromatic nitrogens is 2. The summed E-state index contributed by atoms with van der Waals surface area (Å²) in [6.45, 7) is 4.51. The van der Waals surface area contributed by atoms with Crippen LogP contribution in [0.15, 0.2) is 24.3 Å². The van der Waals surface area contributed by atoms with E-state index in [4.69, 9.17) is 10.7 Å². The zero-order chi connectivity index (χ0) is 17.5. The van der Waals surface area contributed by atoms with Gasteiger partial charge in [0.2, 0.25) is 5.95 Å². The average Bonchev–Trinajstić information content (AvgIpc) is 2.90. The molecule has 0 spiro atoms. The van der Waals surface area contributed by atoms with Crippen LogP contribution in [0.3, 0.4) is 0 Å². The fourth-order valence-corrected chi connectivity index (χ4v) is 5.06. The van der Waals surface area contributed by atoms with Crippen molar-refractivity contribution in [3.63, 3.8) is 0 Å². The van der Waals surface area contributed by atoms with E-state index in [0.29, 0.717) is 5.95 Å². The predicted octanol–water partition coefficient (Wildman–Crippen LogP) is 2.65. The number of benzene rings is 1. The summed E-state index contributed by atoms with van der Waals surface area (Å²) in [5, 5.41) is 3.56. The molecule has 5 heteroatoms. The molecule has 3 heterocycles. The molecule has 2 atom stereocenters. The second-order valence-corrected chi connectivity index (χ2v) is 7.99. The first-order valence-electron chi connectivity index (χ1n) is 10.00. The van der Waals surface area contributed by atoms with Crippen molar-refractivity contribution >= 4 is 11.8 Å². The van der Waals surface area contributed by atoms with Gasteiger partial charge in [0.1, 0.15) is 5.82 Å². The van der Waals surface area contributed by atoms with E-state index in [2.05, 4.69) is 39.5 Å². The molecule has 136 valence electrons. The smallest absolute Gasteiger partial charge is 0.222 e. The van der Waals surface area contributed by atoms with E-state index in [0.717, 1.165) is 55.7 Å². The summed E-state index contributed by atoms with van der Waals surface area (Å²) in [7, 11) is 0. The van der Waals surface area contributed by atoms with E-state index >= 15 is 0 Å². The van der Waals surface area contributed by atoms with Gasteiger partial charge in [-0.3, -0.25) is 0 Å². The maximum Gasteiger partial charge on any atom is 0.222 e. The van der Waals surface area contributed by atoms with Gasteiger partial charge < -0.3 is 16.0 Å². The van der Waals surface area contributed by atoms with Crippen LogP contribution in [0, 0.1) is 11.8 Å². The third-order valence-corrected chi connectivity index (χ3v) is 6.47. The van der Waals surface area contributed by atoms with Crippen molar-refractivity contribution in [3.8, 4) is 11.3 Å². The Morgan fingerprint density at radius 2 is 1.77 bits per heavy atom. The molecule has 5 nitrogen and oxygen atoms in total. The van der Waals surface area contributed by atoms with E-state index in [-0.39, 0.29) is 0 Å². The molecule has 0 amide bonds. The van der Waals surface area contributed by atoms with Crippen molar-refractivity contribution in [2.45, 2.75) is 32.1 Å². The molecule has 0 bridgehead atoms. The van der Waals surface area contributed by atoms with Gasteiger partial charge in [0.05, 0.1) is 5.69 Å². The number of hydrogen-bond donors (Lipinski definition) is 2. The van der Waals surface area contributed by atoms with Crippen molar-refractivity contribution in [1.82, 2.24) is 15.3 Å². The average molecular weight is 349 g/mol. The lowest BCUT2D eigenvalue weighted by atomic mass is 9.92. The van der Waals surface area contributed by atoms with Crippen LogP contribution in [0.1, 0.15) is 30.4 Å². The first-order chi connectivity index (χ1) is 12.8. The van der Waals surface area contributed by atoms with Gasteiger partial charge >= 0.3 is 0 Å². The van der Waals surface area contributed by atoms with E-state index in [9.17, 15) is 0 Å². The van der Waals surface area contributed by atoms with Gasteiger partial charge in [-0.05, 0) is 62.6 Å². The van der Waals surface area contributed by atoms with Crippen molar-refractivity contribution in [2.75, 3.05) is 36.8 Å². The molecule has 2 aliphatic heterocycles. The first-order valence-corrected chi connectivity index (χ1v) is 10.00. The van der Waals surface area contributed by atoms with Gasteiger partial charge in [-0.25, -0.2) is 4.98 Å². The number of nitrogen functional groups attached to an aromatic ring is 1. The quantitative estimate of drug-likeness (QED) is 0.828. The number of hydrogen-bond acceptors (Lipinski definition) is 5. The zero-order valence-corrected chi connectivity index (χ0v) is 15.2. The minimum absolute atomic E-state index is 0.404. The van der Waals surface area contributed by atoms with Crippen LogP contribution < -0.4 is 16.0 Å². The standard InChI is InChI=1S/C21H27N5/c22-21-24-19-17-6-2-1-4-14(17)5-3-7-18(19)20(25-21)26-10-8-15-12-23-13-16(15)9-11-26/h1-2,4,6,15-16,23H,3,5,7-13H2,(H2,22,24,25). The molecule has 1 aliphatic carbocycles. The van der Waals surface area contributed by atoms with Gasteiger partial charge in [0.25, 0.3) is 0 Å². The summed E-state index contributed by atoms with van der Waals surface area (Å²) in [6.07, 6.45) is 5.76. The lowest BCUT2D eigenvalue weighted by molar-refractivity contribution is 0.409. The minimum Gasteiger partial charge on any atom is -0.368 e. The Kier molecular flexibility index (Phi) is 4.04. The van der Waals surface area contributed by atoms with Crippen LogP contribution in [0.25, 0.3) is 11.3 Å².